The maximum atomic E-state index is 12.2. The van der Waals surface area contributed by atoms with Gasteiger partial charge in [-0.15, -0.1) is 11.3 Å². The molecule has 0 aliphatic heterocycles. The van der Waals surface area contributed by atoms with Gasteiger partial charge in [0.25, 0.3) is 5.91 Å². The fourth-order valence-corrected chi connectivity index (χ4v) is 2.47. The van der Waals surface area contributed by atoms with Crippen molar-refractivity contribution >= 4 is 22.2 Å². The van der Waals surface area contributed by atoms with Crippen molar-refractivity contribution in [2.45, 2.75) is 26.8 Å². The molecular weight excluding hydrogens is 260 g/mol. The Hall–Kier alpha value is -2.13. The molecule has 19 heavy (non-hydrogen) atoms. The molecule has 0 atom stereocenters. The van der Waals surface area contributed by atoms with Gasteiger partial charge < -0.3 is 5.32 Å². The van der Waals surface area contributed by atoms with Gasteiger partial charge in [0.15, 0.2) is 0 Å². The molecule has 0 bridgehead atoms. The summed E-state index contributed by atoms with van der Waals surface area (Å²) in [6.45, 7) is 5.78. The van der Waals surface area contributed by atoms with Crippen molar-refractivity contribution in [2.75, 3.05) is 5.32 Å². The molecule has 0 unspecified atom stereocenters. The first-order valence-corrected chi connectivity index (χ1v) is 6.76. The van der Waals surface area contributed by atoms with E-state index in [0.29, 0.717) is 16.3 Å². The van der Waals surface area contributed by atoms with Gasteiger partial charge in [0.1, 0.15) is 16.8 Å². The topological polar surface area (TPSA) is 70.7 Å². The van der Waals surface area contributed by atoms with Crippen molar-refractivity contribution in [3.63, 3.8) is 0 Å². The third-order valence-corrected chi connectivity index (χ3v) is 3.42. The van der Waals surface area contributed by atoms with Crippen LogP contribution in [-0.2, 0) is 0 Å². The zero-order chi connectivity index (χ0) is 14.0. The Morgan fingerprint density at radius 1 is 1.58 bits per heavy atom. The zero-order valence-corrected chi connectivity index (χ0v) is 11.8. The summed E-state index contributed by atoms with van der Waals surface area (Å²) in [7, 11) is 0. The molecule has 0 fully saturated rings. The first-order chi connectivity index (χ1) is 9.02. The third kappa shape index (κ3) is 2.66. The normalized spacial score (nSPS) is 10.5. The number of nitrogens with zero attached hydrogens (tertiary/aromatic N) is 3. The lowest BCUT2D eigenvalue weighted by Crippen LogP contribution is -2.18. The van der Waals surface area contributed by atoms with Crippen molar-refractivity contribution < 1.29 is 4.79 Å². The highest BCUT2D eigenvalue weighted by atomic mass is 32.1. The molecule has 1 amide bonds. The molecular formula is C13H14N4OS. The van der Waals surface area contributed by atoms with Crippen LogP contribution in [0.25, 0.3) is 0 Å². The molecule has 0 radical (unpaired) electrons. The van der Waals surface area contributed by atoms with Crippen LogP contribution in [0, 0.1) is 18.3 Å². The monoisotopic (exact) mass is 274 g/mol. The third-order valence-electron chi connectivity index (χ3n) is 2.59. The molecule has 0 saturated heterocycles. The lowest BCUT2D eigenvalue weighted by Gasteiger charge is -2.10. The smallest absolute Gasteiger partial charge is 0.274 e. The number of amides is 1. The molecule has 2 aromatic heterocycles. The molecule has 2 rings (SSSR count). The van der Waals surface area contributed by atoms with Gasteiger partial charge in [-0.3, -0.25) is 9.48 Å². The van der Waals surface area contributed by atoms with Gasteiger partial charge in [-0.2, -0.15) is 10.4 Å². The summed E-state index contributed by atoms with van der Waals surface area (Å²) in [6.07, 6.45) is 0. The van der Waals surface area contributed by atoms with E-state index in [-0.39, 0.29) is 11.9 Å². The van der Waals surface area contributed by atoms with Crippen LogP contribution >= 0.6 is 11.3 Å². The Kier molecular flexibility index (Phi) is 3.67. The van der Waals surface area contributed by atoms with Crippen LogP contribution in [-0.4, -0.2) is 15.7 Å². The summed E-state index contributed by atoms with van der Waals surface area (Å²) < 4.78 is 1.68. The molecule has 2 heterocycles. The predicted octanol–water partition coefficient (Wildman–Crippen LogP) is 2.96. The van der Waals surface area contributed by atoms with E-state index in [2.05, 4.69) is 10.4 Å². The number of carbonyl (C=O) groups excluding carboxylic acids is 1. The maximum absolute atomic E-state index is 12.2. The number of hydrogen-bond donors (Lipinski definition) is 1. The van der Waals surface area contributed by atoms with Crippen molar-refractivity contribution in [1.29, 1.82) is 5.26 Å². The van der Waals surface area contributed by atoms with E-state index in [1.165, 1.54) is 11.3 Å². The second-order valence-electron chi connectivity index (χ2n) is 4.44. The average molecular weight is 274 g/mol. The average Bonchev–Trinajstić information content (AvgIpc) is 2.95. The minimum Gasteiger partial charge on any atom is -0.311 e. The number of thiophene rings is 1. The minimum absolute atomic E-state index is 0.105. The fraction of sp³-hybridized carbons (Fsp3) is 0.308. The first kappa shape index (κ1) is 13.3. The standard InChI is InChI=1S/C13H14N4OS/c1-8(2)17-11(6-9(3)16-17)12(18)15-13-10(7-14)4-5-19-13/h4-6,8H,1-3H3,(H,15,18). The summed E-state index contributed by atoms with van der Waals surface area (Å²) in [4.78, 5) is 12.2. The lowest BCUT2D eigenvalue weighted by molar-refractivity contribution is 0.101. The molecule has 0 aliphatic rings. The number of aromatic nitrogens is 2. The molecule has 0 spiro atoms. The van der Waals surface area contributed by atoms with E-state index in [0.717, 1.165) is 5.69 Å². The number of nitrogens with one attached hydrogen (secondary N) is 1. The largest absolute Gasteiger partial charge is 0.311 e. The Balaban J connectivity index is 2.28. The van der Waals surface area contributed by atoms with Gasteiger partial charge in [-0.05, 0) is 38.3 Å². The summed E-state index contributed by atoms with van der Waals surface area (Å²) in [6, 6.07) is 5.58. The number of rotatable bonds is 3. The number of aryl methyl sites for hydroxylation is 1. The fourth-order valence-electron chi connectivity index (χ4n) is 1.74. The highest BCUT2D eigenvalue weighted by molar-refractivity contribution is 7.14. The van der Waals surface area contributed by atoms with Gasteiger partial charge in [0, 0.05) is 6.04 Å². The van der Waals surface area contributed by atoms with Crippen LogP contribution in [0.4, 0.5) is 5.00 Å². The van der Waals surface area contributed by atoms with Crippen molar-refractivity contribution in [3.8, 4) is 6.07 Å². The molecule has 1 N–H and O–H groups in total. The van der Waals surface area contributed by atoms with E-state index >= 15 is 0 Å². The minimum atomic E-state index is -0.242. The van der Waals surface area contributed by atoms with Gasteiger partial charge in [-0.25, -0.2) is 0 Å². The van der Waals surface area contributed by atoms with Crippen LogP contribution in [0.3, 0.4) is 0 Å². The molecule has 98 valence electrons. The highest BCUT2D eigenvalue weighted by Crippen LogP contribution is 2.23. The van der Waals surface area contributed by atoms with E-state index in [4.69, 9.17) is 5.26 Å². The number of nitriles is 1. The number of anilines is 1. The number of hydrogen-bond acceptors (Lipinski definition) is 4. The van der Waals surface area contributed by atoms with E-state index in [1.54, 1.807) is 22.2 Å². The van der Waals surface area contributed by atoms with Gasteiger partial charge in [-0.1, -0.05) is 0 Å². The molecule has 6 heteroatoms. The van der Waals surface area contributed by atoms with Crippen molar-refractivity contribution in [2.24, 2.45) is 0 Å². The predicted molar refractivity (Wildman–Crippen MR) is 74.3 cm³/mol. The zero-order valence-electron chi connectivity index (χ0n) is 11.0. The summed E-state index contributed by atoms with van der Waals surface area (Å²) in [5.41, 5.74) is 1.78. The van der Waals surface area contributed by atoms with Crippen LogP contribution in [0.1, 0.15) is 41.6 Å². The van der Waals surface area contributed by atoms with Crippen LogP contribution in [0.5, 0.6) is 0 Å². The van der Waals surface area contributed by atoms with E-state index < -0.39 is 0 Å². The Morgan fingerprint density at radius 3 is 2.95 bits per heavy atom. The SMILES string of the molecule is Cc1cc(C(=O)Nc2sccc2C#N)n(C(C)C)n1. The molecule has 0 aromatic carbocycles. The van der Waals surface area contributed by atoms with Gasteiger partial charge >= 0.3 is 0 Å². The first-order valence-electron chi connectivity index (χ1n) is 5.88. The number of carbonyl (C=O) groups is 1. The Bertz CT molecular complexity index is 648. The molecule has 2 aromatic rings. The molecule has 0 saturated carbocycles. The van der Waals surface area contributed by atoms with E-state index in [9.17, 15) is 4.79 Å². The highest BCUT2D eigenvalue weighted by Gasteiger charge is 2.17. The molecule has 5 nitrogen and oxygen atoms in total. The Labute approximate surface area is 115 Å². The van der Waals surface area contributed by atoms with Crippen LogP contribution < -0.4 is 5.32 Å². The second-order valence-corrected chi connectivity index (χ2v) is 5.35. The van der Waals surface area contributed by atoms with Gasteiger partial charge in [0.2, 0.25) is 0 Å². The molecule has 0 aliphatic carbocycles. The summed E-state index contributed by atoms with van der Waals surface area (Å²) >= 11 is 1.33. The summed E-state index contributed by atoms with van der Waals surface area (Å²) in [5, 5.41) is 18.3. The van der Waals surface area contributed by atoms with Gasteiger partial charge in [0.05, 0.1) is 11.3 Å². The van der Waals surface area contributed by atoms with Crippen LogP contribution in [0.2, 0.25) is 0 Å². The maximum Gasteiger partial charge on any atom is 0.274 e. The Morgan fingerprint density at radius 2 is 2.32 bits per heavy atom. The van der Waals surface area contributed by atoms with Crippen molar-refractivity contribution in [3.05, 3.63) is 34.5 Å². The van der Waals surface area contributed by atoms with E-state index in [1.807, 2.05) is 26.8 Å². The van der Waals surface area contributed by atoms with Crippen LogP contribution in [0.15, 0.2) is 17.5 Å². The second kappa shape index (κ2) is 5.24. The quantitative estimate of drug-likeness (QED) is 0.935. The van der Waals surface area contributed by atoms with Crippen molar-refractivity contribution in [1.82, 2.24) is 9.78 Å². The summed E-state index contributed by atoms with van der Waals surface area (Å²) in [5.74, 6) is -0.242. The lowest BCUT2D eigenvalue weighted by atomic mass is 10.3.